The monoisotopic (exact) mass is 340 g/mol. The number of guanidine groups is 1. The van der Waals surface area contributed by atoms with Crippen LogP contribution in [0.1, 0.15) is 29.8 Å². The zero-order chi connectivity index (χ0) is 16.5. The third kappa shape index (κ3) is 5.75. The summed E-state index contributed by atoms with van der Waals surface area (Å²) in [6.45, 7) is 6.36. The molecule has 1 N–H and O–H groups in total. The molecule has 0 atom stereocenters. The van der Waals surface area contributed by atoms with Gasteiger partial charge in [-0.3, -0.25) is 4.99 Å². The highest BCUT2D eigenvalue weighted by molar-refractivity contribution is 7.09. The third-order valence-electron chi connectivity index (χ3n) is 4.05. The van der Waals surface area contributed by atoms with Gasteiger partial charge in [0.25, 0.3) is 0 Å². The van der Waals surface area contributed by atoms with E-state index in [2.05, 4.69) is 20.2 Å². The molecule has 23 heavy (non-hydrogen) atoms. The topological polar surface area (TPSA) is 59.0 Å². The number of thiazole rings is 1. The molecule has 1 saturated heterocycles. The quantitative estimate of drug-likeness (QED) is 0.468. The van der Waals surface area contributed by atoms with Crippen molar-refractivity contribution >= 4 is 17.3 Å². The number of nitrogens with one attached hydrogen (secondary N) is 1. The van der Waals surface area contributed by atoms with Gasteiger partial charge in [-0.15, -0.1) is 11.3 Å². The standard InChI is InChI=1S/C16H28N4O2S/c1-13-15(23-12-19-13)11-18-16(17-2)20-7-5-14(6-8-20)22-10-4-9-21-3/h12,14H,4-11H2,1-3H3,(H,17,18). The molecule has 0 aliphatic carbocycles. The Labute approximate surface area is 142 Å². The van der Waals surface area contributed by atoms with Gasteiger partial charge in [0.2, 0.25) is 0 Å². The first-order valence-electron chi connectivity index (χ1n) is 8.19. The van der Waals surface area contributed by atoms with Crippen molar-refractivity contribution in [2.75, 3.05) is 40.5 Å². The Bertz CT molecular complexity index is 484. The molecule has 2 rings (SSSR count). The van der Waals surface area contributed by atoms with Crippen LogP contribution in [-0.4, -0.2) is 62.4 Å². The molecule has 0 unspecified atom stereocenters. The molecule has 0 aromatic carbocycles. The molecule has 130 valence electrons. The van der Waals surface area contributed by atoms with Crippen molar-refractivity contribution in [2.24, 2.45) is 4.99 Å². The van der Waals surface area contributed by atoms with E-state index < -0.39 is 0 Å². The summed E-state index contributed by atoms with van der Waals surface area (Å²) < 4.78 is 11.0. The Morgan fingerprint density at radius 2 is 2.22 bits per heavy atom. The van der Waals surface area contributed by atoms with E-state index >= 15 is 0 Å². The van der Waals surface area contributed by atoms with Crippen LogP contribution in [0.2, 0.25) is 0 Å². The second-order valence-corrected chi connectivity index (χ2v) is 6.60. The molecule has 1 aromatic heterocycles. The van der Waals surface area contributed by atoms with Gasteiger partial charge in [0.05, 0.1) is 23.9 Å². The molecule has 0 amide bonds. The minimum Gasteiger partial charge on any atom is -0.385 e. The number of nitrogens with zero attached hydrogens (tertiary/aromatic N) is 3. The molecule has 2 heterocycles. The van der Waals surface area contributed by atoms with E-state index in [9.17, 15) is 0 Å². The Morgan fingerprint density at radius 3 is 2.83 bits per heavy atom. The number of piperidine rings is 1. The van der Waals surface area contributed by atoms with Gasteiger partial charge in [-0.2, -0.15) is 0 Å². The average Bonchev–Trinajstić information content (AvgIpc) is 2.98. The summed E-state index contributed by atoms with van der Waals surface area (Å²) in [4.78, 5) is 12.3. The van der Waals surface area contributed by atoms with E-state index in [4.69, 9.17) is 9.47 Å². The van der Waals surface area contributed by atoms with E-state index in [1.807, 2.05) is 19.5 Å². The fourth-order valence-corrected chi connectivity index (χ4v) is 3.39. The van der Waals surface area contributed by atoms with Crippen molar-refractivity contribution in [3.8, 4) is 0 Å². The van der Waals surface area contributed by atoms with Gasteiger partial charge in [0, 0.05) is 45.3 Å². The zero-order valence-corrected chi connectivity index (χ0v) is 15.2. The van der Waals surface area contributed by atoms with E-state index in [0.717, 1.165) is 63.8 Å². The van der Waals surface area contributed by atoms with Crippen LogP contribution in [0.3, 0.4) is 0 Å². The molecule has 1 fully saturated rings. The van der Waals surface area contributed by atoms with Gasteiger partial charge in [-0.25, -0.2) is 4.98 Å². The highest BCUT2D eigenvalue weighted by Crippen LogP contribution is 2.15. The molecule has 1 aliphatic rings. The molecule has 7 heteroatoms. The minimum absolute atomic E-state index is 0.366. The summed E-state index contributed by atoms with van der Waals surface area (Å²) in [7, 11) is 3.57. The van der Waals surface area contributed by atoms with Crippen molar-refractivity contribution in [1.82, 2.24) is 15.2 Å². The van der Waals surface area contributed by atoms with Crippen LogP contribution >= 0.6 is 11.3 Å². The smallest absolute Gasteiger partial charge is 0.193 e. The predicted molar refractivity (Wildman–Crippen MR) is 94.1 cm³/mol. The summed E-state index contributed by atoms with van der Waals surface area (Å²) in [5, 5.41) is 3.45. The number of hydrogen-bond acceptors (Lipinski definition) is 5. The lowest BCUT2D eigenvalue weighted by molar-refractivity contribution is 0.00990. The molecule has 0 spiro atoms. The van der Waals surface area contributed by atoms with Crippen LogP contribution in [-0.2, 0) is 16.0 Å². The number of rotatable bonds is 7. The largest absolute Gasteiger partial charge is 0.385 e. The van der Waals surface area contributed by atoms with Crippen molar-refractivity contribution in [3.63, 3.8) is 0 Å². The molecule has 6 nitrogen and oxygen atoms in total. The first-order chi connectivity index (χ1) is 11.2. The van der Waals surface area contributed by atoms with Crippen LogP contribution < -0.4 is 5.32 Å². The molecular weight excluding hydrogens is 312 g/mol. The second-order valence-electron chi connectivity index (χ2n) is 5.67. The molecule has 1 aliphatic heterocycles. The molecule has 0 saturated carbocycles. The SMILES string of the molecule is CN=C(NCc1scnc1C)N1CCC(OCCCOC)CC1. The summed E-state index contributed by atoms with van der Waals surface area (Å²) in [6.07, 6.45) is 3.43. The maximum atomic E-state index is 5.91. The van der Waals surface area contributed by atoms with Gasteiger partial charge in [0.15, 0.2) is 5.96 Å². The number of hydrogen-bond donors (Lipinski definition) is 1. The van der Waals surface area contributed by atoms with Gasteiger partial charge in [-0.1, -0.05) is 0 Å². The number of likely N-dealkylation sites (tertiary alicyclic amines) is 1. The number of ether oxygens (including phenoxy) is 2. The molecule has 0 radical (unpaired) electrons. The van der Waals surface area contributed by atoms with Crippen molar-refractivity contribution in [2.45, 2.75) is 38.8 Å². The fraction of sp³-hybridized carbons (Fsp3) is 0.750. The van der Waals surface area contributed by atoms with Gasteiger partial charge in [-0.05, 0) is 26.2 Å². The first-order valence-corrected chi connectivity index (χ1v) is 9.07. The van der Waals surface area contributed by atoms with Crippen LogP contribution in [0.25, 0.3) is 0 Å². The number of aliphatic imine (C=N–C) groups is 1. The number of methoxy groups -OCH3 is 1. The van der Waals surface area contributed by atoms with E-state index in [1.54, 1.807) is 18.4 Å². The number of aromatic nitrogens is 1. The van der Waals surface area contributed by atoms with Gasteiger partial charge >= 0.3 is 0 Å². The van der Waals surface area contributed by atoms with Crippen LogP contribution in [0.15, 0.2) is 10.5 Å². The maximum Gasteiger partial charge on any atom is 0.193 e. The van der Waals surface area contributed by atoms with E-state index in [-0.39, 0.29) is 0 Å². The molecule has 0 bridgehead atoms. The maximum absolute atomic E-state index is 5.91. The Kier molecular flexibility index (Phi) is 7.78. The predicted octanol–water partition coefficient (Wildman–Crippen LogP) is 2.04. The Morgan fingerprint density at radius 1 is 1.43 bits per heavy atom. The third-order valence-corrected chi connectivity index (χ3v) is 4.99. The van der Waals surface area contributed by atoms with Crippen LogP contribution in [0.4, 0.5) is 0 Å². The molecule has 1 aromatic rings. The lowest BCUT2D eigenvalue weighted by Gasteiger charge is -2.34. The van der Waals surface area contributed by atoms with E-state index in [1.165, 1.54) is 4.88 Å². The minimum atomic E-state index is 0.366. The van der Waals surface area contributed by atoms with Crippen molar-refractivity contribution in [1.29, 1.82) is 0 Å². The normalized spacial score (nSPS) is 16.8. The molecular formula is C16H28N4O2S. The summed E-state index contributed by atoms with van der Waals surface area (Å²) in [5.41, 5.74) is 2.99. The van der Waals surface area contributed by atoms with E-state index in [0.29, 0.717) is 6.10 Å². The zero-order valence-electron chi connectivity index (χ0n) is 14.4. The average molecular weight is 340 g/mol. The summed E-state index contributed by atoms with van der Waals surface area (Å²) in [5.74, 6) is 0.968. The highest BCUT2D eigenvalue weighted by Gasteiger charge is 2.21. The van der Waals surface area contributed by atoms with Crippen LogP contribution in [0, 0.1) is 6.92 Å². The Hall–Kier alpha value is -1.18. The Balaban J connectivity index is 1.71. The fourth-order valence-electron chi connectivity index (χ4n) is 2.68. The van der Waals surface area contributed by atoms with Crippen molar-refractivity contribution in [3.05, 3.63) is 16.1 Å². The lowest BCUT2D eigenvalue weighted by atomic mass is 10.1. The lowest BCUT2D eigenvalue weighted by Crippen LogP contribution is -2.46. The van der Waals surface area contributed by atoms with Crippen LogP contribution in [0.5, 0.6) is 0 Å². The van der Waals surface area contributed by atoms with Gasteiger partial charge in [0.1, 0.15) is 0 Å². The van der Waals surface area contributed by atoms with Gasteiger partial charge < -0.3 is 19.7 Å². The van der Waals surface area contributed by atoms with Crippen molar-refractivity contribution < 1.29 is 9.47 Å². The second kappa shape index (κ2) is 9.85. The summed E-state index contributed by atoms with van der Waals surface area (Å²) >= 11 is 1.68. The number of aryl methyl sites for hydroxylation is 1. The summed E-state index contributed by atoms with van der Waals surface area (Å²) in [6, 6.07) is 0. The first kappa shape index (κ1) is 18.2. The highest BCUT2D eigenvalue weighted by atomic mass is 32.1.